The maximum absolute atomic E-state index is 11.4. The monoisotopic (exact) mass is 307 g/mol. The highest BCUT2D eigenvalue weighted by Gasteiger charge is 2.19. The molecule has 6 heteroatoms. The Balaban J connectivity index is 1.70. The fourth-order valence-electron chi connectivity index (χ4n) is 2.90. The Kier molecular flexibility index (Phi) is 3.11. The first kappa shape index (κ1) is 13.9. The van der Waals surface area contributed by atoms with Crippen molar-refractivity contribution in [3.8, 4) is 0 Å². The third-order valence-corrected chi connectivity index (χ3v) is 4.10. The molecule has 2 aromatic rings. The van der Waals surface area contributed by atoms with E-state index in [1.54, 1.807) is 6.08 Å². The maximum Gasteiger partial charge on any atom is 0.160 e. The van der Waals surface area contributed by atoms with Crippen LogP contribution in [-0.2, 0) is 4.79 Å². The van der Waals surface area contributed by atoms with E-state index in [1.807, 2.05) is 29.0 Å². The molecule has 0 bridgehead atoms. The average molecular weight is 307 g/mol. The molecule has 1 aliphatic carbocycles. The van der Waals surface area contributed by atoms with Gasteiger partial charge in [0.15, 0.2) is 5.78 Å². The molecule has 0 amide bonds. The number of allylic oxidation sites excluding steroid dienone is 3. The van der Waals surface area contributed by atoms with E-state index < -0.39 is 0 Å². The van der Waals surface area contributed by atoms with E-state index in [-0.39, 0.29) is 11.8 Å². The Hall–Kier alpha value is -2.76. The lowest BCUT2D eigenvalue weighted by atomic mass is 10.1. The van der Waals surface area contributed by atoms with Crippen molar-refractivity contribution in [1.82, 2.24) is 20.3 Å². The first-order chi connectivity index (χ1) is 11.1. The molecule has 1 N–H and O–H groups in total. The molecule has 0 radical (unpaired) electrons. The molecule has 116 valence electrons. The summed E-state index contributed by atoms with van der Waals surface area (Å²) in [5.74, 6) is 0.928. The minimum atomic E-state index is 0.129. The van der Waals surface area contributed by atoms with Gasteiger partial charge in [0.2, 0.25) is 0 Å². The minimum absolute atomic E-state index is 0.129. The van der Waals surface area contributed by atoms with Crippen molar-refractivity contribution in [3.63, 3.8) is 0 Å². The Bertz CT molecular complexity index is 901. The van der Waals surface area contributed by atoms with Crippen LogP contribution in [0.15, 0.2) is 46.7 Å². The summed E-state index contributed by atoms with van der Waals surface area (Å²) >= 11 is 0. The quantitative estimate of drug-likeness (QED) is 0.922. The minimum Gasteiger partial charge on any atom is -0.364 e. The fourth-order valence-corrected chi connectivity index (χ4v) is 2.90. The SMILES string of the molecule is CC(C)n1nnc2cc(C3=NC(=C4C=CC(=O)C4)NC3)ccc21. The van der Waals surface area contributed by atoms with Crippen molar-refractivity contribution < 1.29 is 4.79 Å². The molecular formula is C17H17N5O. The van der Waals surface area contributed by atoms with Crippen LogP contribution in [0, 0.1) is 0 Å². The van der Waals surface area contributed by atoms with Gasteiger partial charge in [-0.15, -0.1) is 5.10 Å². The van der Waals surface area contributed by atoms with E-state index in [0.717, 1.165) is 33.7 Å². The molecule has 1 aromatic heterocycles. The predicted molar refractivity (Wildman–Crippen MR) is 88.2 cm³/mol. The Labute approximate surface area is 133 Å². The van der Waals surface area contributed by atoms with Crippen molar-refractivity contribution in [2.45, 2.75) is 26.3 Å². The highest BCUT2D eigenvalue weighted by atomic mass is 16.1. The van der Waals surface area contributed by atoms with Crippen molar-refractivity contribution in [2.75, 3.05) is 6.54 Å². The van der Waals surface area contributed by atoms with Gasteiger partial charge in [0.1, 0.15) is 11.3 Å². The summed E-state index contributed by atoms with van der Waals surface area (Å²) in [4.78, 5) is 16.0. The van der Waals surface area contributed by atoms with E-state index in [0.29, 0.717) is 13.0 Å². The third-order valence-electron chi connectivity index (χ3n) is 4.10. The Morgan fingerprint density at radius 1 is 1.26 bits per heavy atom. The number of carbonyl (C=O) groups is 1. The summed E-state index contributed by atoms with van der Waals surface area (Å²) in [6, 6.07) is 6.38. The first-order valence-corrected chi connectivity index (χ1v) is 7.72. The second-order valence-electron chi connectivity index (χ2n) is 6.09. The number of nitrogens with zero attached hydrogens (tertiary/aromatic N) is 4. The molecule has 2 aliphatic rings. The maximum atomic E-state index is 11.4. The largest absolute Gasteiger partial charge is 0.364 e. The number of aromatic nitrogens is 3. The van der Waals surface area contributed by atoms with E-state index in [2.05, 4.69) is 34.5 Å². The van der Waals surface area contributed by atoms with E-state index in [1.165, 1.54) is 0 Å². The molecule has 1 aliphatic heterocycles. The molecule has 0 atom stereocenters. The molecule has 0 saturated heterocycles. The van der Waals surface area contributed by atoms with Crippen LogP contribution in [0.4, 0.5) is 0 Å². The molecule has 4 rings (SSSR count). The molecule has 23 heavy (non-hydrogen) atoms. The highest BCUT2D eigenvalue weighted by molar-refractivity contribution is 6.06. The van der Waals surface area contributed by atoms with Gasteiger partial charge in [-0.2, -0.15) is 0 Å². The van der Waals surface area contributed by atoms with Gasteiger partial charge in [-0.05, 0) is 32.1 Å². The molecule has 6 nitrogen and oxygen atoms in total. The van der Waals surface area contributed by atoms with Gasteiger partial charge in [0.25, 0.3) is 0 Å². The molecule has 2 heterocycles. The summed E-state index contributed by atoms with van der Waals surface area (Å²) in [5, 5.41) is 11.7. The summed E-state index contributed by atoms with van der Waals surface area (Å²) < 4.78 is 1.91. The van der Waals surface area contributed by atoms with Crippen molar-refractivity contribution in [2.24, 2.45) is 4.99 Å². The van der Waals surface area contributed by atoms with Gasteiger partial charge in [-0.25, -0.2) is 9.67 Å². The number of carbonyl (C=O) groups excluding carboxylic acids is 1. The number of aliphatic imine (C=N–C) groups is 1. The summed E-state index contributed by atoms with van der Waals surface area (Å²) in [6.45, 7) is 4.83. The lowest BCUT2D eigenvalue weighted by Crippen LogP contribution is -2.14. The number of hydrogen-bond donors (Lipinski definition) is 1. The second-order valence-corrected chi connectivity index (χ2v) is 6.09. The topological polar surface area (TPSA) is 72.2 Å². The van der Waals surface area contributed by atoms with E-state index in [9.17, 15) is 4.79 Å². The second kappa shape index (κ2) is 5.15. The van der Waals surface area contributed by atoms with Gasteiger partial charge in [-0.3, -0.25) is 4.79 Å². The van der Waals surface area contributed by atoms with Gasteiger partial charge in [0, 0.05) is 23.6 Å². The smallest absolute Gasteiger partial charge is 0.160 e. The van der Waals surface area contributed by atoms with Gasteiger partial charge >= 0.3 is 0 Å². The third kappa shape index (κ3) is 2.36. The summed E-state index contributed by atoms with van der Waals surface area (Å²) in [6.07, 6.45) is 3.88. The highest BCUT2D eigenvalue weighted by Crippen LogP contribution is 2.22. The van der Waals surface area contributed by atoms with Gasteiger partial charge in [0.05, 0.1) is 17.8 Å². The zero-order chi connectivity index (χ0) is 16.0. The van der Waals surface area contributed by atoms with Crippen LogP contribution in [-0.4, -0.2) is 33.0 Å². The summed E-state index contributed by atoms with van der Waals surface area (Å²) in [7, 11) is 0. The molecule has 1 aromatic carbocycles. The van der Waals surface area contributed by atoms with Crippen molar-refractivity contribution >= 4 is 22.5 Å². The predicted octanol–water partition coefficient (Wildman–Crippen LogP) is 2.15. The van der Waals surface area contributed by atoms with Crippen LogP contribution in [0.25, 0.3) is 11.0 Å². The van der Waals surface area contributed by atoms with Crippen molar-refractivity contribution in [3.05, 3.63) is 47.3 Å². The van der Waals surface area contributed by atoms with Crippen LogP contribution < -0.4 is 5.32 Å². The molecule has 0 fully saturated rings. The summed E-state index contributed by atoms with van der Waals surface area (Å²) in [5.41, 5.74) is 4.84. The van der Waals surface area contributed by atoms with Crippen molar-refractivity contribution in [1.29, 1.82) is 0 Å². The molecule has 0 spiro atoms. The number of fused-ring (bicyclic) bond motifs is 1. The normalized spacial score (nSPS) is 20.7. The molecular weight excluding hydrogens is 290 g/mol. The van der Waals surface area contributed by atoms with Crippen LogP contribution in [0.2, 0.25) is 0 Å². The van der Waals surface area contributed by atoms with Crippen LogP contribution >= 0.6 is 0 Å². The zero-order valence-corrected chi connectivity index (χ0v) is 13.1. The standard InChI is InChI=1S/C17H17N5O/c1-10(2)22-16-6-4-11(8-14(16)20-21-22)15-9-18-17(19-15)12-3-5-13(23)7-12/h3-6,8,10,18H,7,9H2,1-2H3. The Morgan fingerprint density at radius 3 is 2.87 bits per heavy atom. The molecule has 0 saturated carbocycles. The lowest BCUT2D eigenvalue weighted by Gasteiger charge is -2.05. The Morgan fingerprint density at radius 2 is 2.13 bits per heavy atom. The van der Waals surface area contributed by atoms with Crippen LogP contribution in [0.5, 0.6) is 0 Å². The number of ketones is 1. The number of benzene rings is 1. The average Bonchev–Trinajstić information content (AvgIpc) is 3.24. The number of nitrogens with one attached hydrogen (secondary N) is 1. The van der Waals surface area contributed by atoms with Gasteiger partial charge < -0.3 is 5.32 Å². The van der Waals surface area contributed by atoms with E-state index >= 15 is 0 Å². The number of rotatable bonds is 2. The lowest BCUT2D eigenvalue weighted by molar-refractivity contribution is -0.113. The van der Waals surface area contributed by atoms with E-state index in [4.69, 9.17) is 0 Å². The number of hydrogen-bond acceptors (Lipinski definition) is 5. The molecule has 0 unspecified atom stereocenters. The fraction of sp³-hybridized carbons (Fsp3) is 0.294. The van der Waals surface area contributed by atoms with Gasteiger partial charge in [-0.1, -0.05) is 17.4 Å². The first-order valence-electron chi connectivity index (χ1n) is 7.72. The zero-order valence-electron chi connectivity index (χ0n) is 13.1. The van der Waals surface area contributed by atoms with Crippen LogP contribution in [0.3, 0.4) is 0 Å². The van der Waals surface area contributed by atoms with Crippen LogP contribution in [0.1, 0.15) is 31.9 Å².